The van der Waals surface area contributed by atoms with Gasteiger partial charge < -0.3 is 9.88 Å². The van der Waals surface area contributed by atoms with Crippen LogP contribution < -0.4 is 5.32 Å². The Labute approximate surface area is 121 Å². The molecule has 3 rings (SSSR count). The standard InChI is InChI=1S/C15H13ClFN3/c1-20-13-7-3-6-12(17)15(13)19-14(20)9-18-11-5-2-4-10(16)8-11/h2-8,18H,9H2,1H3. The number of benzene rings is 2. The summed E-state index contributed by atoms with van der Waals surface area (Å²) in [5, 5.41) is 3.91. The van der Waals surface area contributed by atoms with Crippen molar-refractivity contribution in [3.05, 3.63) is 59.1 Å². The van der Waals surface area contributed by atoms with E-state index in [9.17, 15) is 4.39 Å². The molecule has 0 saturated carbocycles. The number of aryl methyl sites for hydroxylation is 1. The second kappa shape index (κ2) is 5.13. The normalized spacial score (nSPS) is 10.9. The molecule has 0 unspecified atom stereocenters. The molecule has 0 atom stereocenters. The third-order valence-corrected chi connectivity index (χ3v) is 3.47. The molecule has 0 aliphatic rings. The first-order valence-electron chi connectivity index (χ1n) is 6.24. The Morgan fingerprint density at radius 2 is 2.05 bits per heavy atom. The van der Waals surface area contributed by atoms with Gasteiger partial charge in [0.2, 0.25) is 0 Å². The molecule has 0 saturated heterocycles. The molecular formula is C15H13ClFN3. The average Bonchev–Trinajstić information content (AvgIpc) is 2.75. The van der Waals surface area contributed by atoms with E-state index in [1.165, 1.54) is 6.07 Å². The summed E-state index contributed by atoms with van der Waals surface area (Å²) in [4.78, 5) is 4.34. The summed E-state index contributed by atoms with van der Waals surface area (Å²) < 4.78 is 15.6. The van der Waals surface area contributed by atoms with E-state index in [2.05, 4.69) is 10.3 Å². The van der Waals surface area contributed by atoms with Gasteiger partial charge in [-0.25, -0.2) is 9.37 Å². The molecule has 2 aromatic carbocycles. The van der Waals surface area contributed by atoms with E-state index in [4.69, 9.17) is 11.6 Å². The highest BCUT2D eigenvalue weighted by Crippen LogP contribution is 2.19. The Hall–Kier alpha value is -2.07. The first-order chi connectivity index (χ1) is 9.65. The fourth-order valence-electron chi connectivity index (χ4n) is 2.17. The molecule has 0 bridgehead atoms. The number of fused-ring (bicyclic) bond motifs is 1. The van der Waals surface area contributed by atoms with Crippen molar-refractivity contribution >= 4 is 28.3 Å². The van der Waals surface area contributed by atoms with Crippen LogP contribution in [0, 0.1) is 5.82 Å². The first kappa shape index (κ1) is 12.9. The minimum absolute atomic E-state index is 0.299. The van der Waals surface area contributed by atoms with Crippen molar-refractivity contribution in [2.24, 2.45) is 7.05 Å². The van der Waals surface area contributed by atoms with E-state index in [0.717, 1.165) is 17.0 Å². The Balaban J connectivity index is 1.88. The van der Waals surface area contributed by atoms with Crippen LogP contribution >= 0.6 is 11.6 Å². The van der Waals surface area contributed by atoms with E-state index in [1.807, 2.05) is 41.9 Å². The van der Waals surface area contributed by atoms with Gasteiger partial charge in [0.05, 0.1) is 12.1 Å². The summed E-state index contributed by atoms with van der Waals surface area (Å²) in [5.41, 5.74) is 2.09. The topological polar surface area (TPSA) is 29.9 Å². The maximum atomic E-state index is 13.7. The number of rotatable bonds is 3. The van der Waals surface area contributed by atoms with Crippen LogP contribution in [0.15, 0.2) is 42.5 Å². The Bertz CT molecular complexity index is 767. The molecule has 20 heavy (non-hydrogen) atoms. The minimum Gasteiger partial charge on any atom is -0.378 e. The SMILES string of the molecule is Cn1c(CNc2cccc(Cl)c2)nc2c(F)cccc21. The zero-order chi connectivity index (χ0) is 14.1. The van der Waals surface area contributed by atoms with Crippen LogP contribution in [-0.4, -0.2) is 9.55 Å². The Morgan fingerprint density at radius 3 is 2.80 bits per heavy atom. The van der Waals surface area contributed by atoms with Gasteiger partial charge in [-0.15, -0.1) is 0 Å². The minimum atomic E-state index is -0.299. The quantitative estimate of drug-likeness (QED) is 0.790. The maximum Gasteiger partial charge on any atom is 0.151 e. The summed E-state index contributed by atoms with van der Waals surface area (Å²) in [7, 11) is 1.88. The third kappa shape index (κ3) is 2.34. The highest BCUT2D eigenvalue weighted by molar-refractivity contribution is 6.30. The predicted octanol–water partition coefficient (Wildman–Crippen LogP) is 3.98. The van der Waals surface area contributed by atoms with E-state index >= 15 is 0 Å². The molecule has 102 valence electrons. The second-order valence-corrected chi connectivity index (χ2v) is 4.99. The molecular weight excluding hydrogens is 277 g/mol. The van der Waals surface area contributed by atoms with Gasteiger partial charge in [-0.05, 0) is 30.3 Å². The van der Waals surface area contributed by atoms with Gasteiger partial charge in [-0.1, -0.05) is 23.7 Å². The summed E-state index contributed by atoms with van der Waals surface area (Å²) in [6, 6.07) is 12.4. The van der Waals surface area contributed by atoms with Crippen molar-refractivity contribution in [1.82, 2.24) is 9.55 Å². The fourth-order valence-corrected chi connectivity index (χ4v) is 2.36. The van der Waals surface area contributed by atoms with Gasteiger partial charge in [-0.3, -0.25) is 0 Å². The second-order valence-electron chi connectivity index (χ2n) is 4.56. The summed E-state index contributed by atoms with van der Waals surface area (Å²) >= 11 is 5.93. The molecule has 0 aliphatic carbocycles. The molecule has 3 nitrogen and oxygen atoms in total. The number of nitrogens with one attached hydrogen (secondary N) is 1. The molecule has 1 N–H and O–H groups in total. The number of aromatic nitrogens is 2. The highest BCUT2D eigenvalue weighted by Gasteiger charge is 2.10. The van der Waals surface area contributed by atoms with E-state index in [-0.39, 0.29) is 5.82 Å². The molecule has 3 aromatic rings. The number of halogens is 2. The fraction of sp³-hybridized carbons (Fsp3) is 0.133. The first-order valence-corrected chi connectivity index (χ1v) is 6.62. The lowest BCUT2D eigenvalue weighted by Crippen LogP contribution is -2.05. The van der Waals surface area contributed by atoms with Crippen molar-refractivity contribution in [3.8, 4) is 0 Å². The molecule has 0 radical (unpaired) electrons. The largest absolute Gasteiger partial charge is 0.378 e. The smallest absolute Gasteiger partial charge is 0.151 e. The highest BCUT2D eigenvalue weighted by atomic mass is 35.5. The van der Waals surface area contributed by atoms with Crippen LogP contribution in [0.25, 0.3) is 11.0 Å². The number of hydrogen-bond acceptors (Lipinski definition) is 2. The zero-order valence-electron chi connectivity index (χ0n) is 10.9. The third-order valence-electron chi connectivity index (χ3n) is 3.23. The van der Waals surface area contributed by atoms with Gasteiger partial charge in [-0.2, -0.15) is 0 Å². The Morgan fingerprint density at radius 1 is 1.25 bits per heavy atom. The lowest BCUT2D eigenvalue weighted by atomic mass is 10.3. The van der Waals surface area contributed by atoms with Gasteiger partial charge in [0.1, 0.15) is 11.3 Å². The molecule has 0 aliphatic heterocycles. The molecule has 0 fully saturated rings. The van der Waals surface area contributed by atoms with Crippen LogP contribution in [0.1, 0.15) is 5.82 Å². The van der Waals surface area contributed by atoms with Crippen molar-refractivity contribution < 1.29 is 4.39 Å². The summed E-state index contributed by atoms with van der Waals surface area (Å²) in [6.45, 7) is 0.505. The molecule has 5 heteroatoms. The summed E-state index contributed by atoms with van der Waals surface area (Å²) in [6.07, 6.45) is 0. The van der Waals surface area contributed by atoms with Crippen molar-refractivity contribution in [2.75, 3.05) is 5.32 Å². The van der Waals surface area contributed by atoms with Crippen LogP contribution in [0.4, 0.5) is 10.1 Å². The predicted molar refractivity (Wildman–Crippen MR) is 79.5 cm³/mol. The zero-order valence-corrected chi connectivity index (χ0v) is 11.7. The van der Waals surface area contributed by atoms with E-state index in [1.54, 1.807) is 6.07 Å². The number of imidazole rings is 1. The molecule has 0 amide bonds. The van der Waals surface area contributed by atoms with Crippen molar-refractivity contribution in [1.29, 1.82) is 0 Å². The van der Waals surface area contributed by atoms with Crippen LogP contribution in [0.5, 0.6) is 0 Å². The molecule has 0 spiro atoms. The van der Waals surface area contributed by atoms with Gasteiger partial charge in [0.15, 0.2) is 5.82 Å². The van der Waals surface area contributed by atoms with Gasteiger partial charge in [0, 0.05) is 17.8 Å². The number of nitrogens with zero attached hydrogens (tertiary/aromatic N) is 2. The lowest BCUT2D eigenvalue weighted by Gasteiger charge is -2.06. The average molecular weight is 290 g/mol. The van der Waals surface area contributed by atoms with E-state index < -0.39 is 0 Å². The maximum absolute atomic E-state index is 13.7. The van der Waals surface area contributed by atoms with E-state index in [0.29, 0.717) is 17.1 Å². The number of para-hydroxylation sites is 1. The Kier molecular flexibility index (Phi) is 3.32. The molecule has 1 aromatic heterocycles. The van der Waals surface area contributed by atoms with Crippen LogP contribution in [-0.2, 0) is 13.6 Å². The van der Waals surface area contributed by atoms with Crippen molar-refractivity contribution in [3.63, 3.8) is 0 Å². The lowest BCUT2D eigenvalue weighted by molar-refractivity contribution is 0.637. The van der Waals surface area contributed by atoms with Gasteiger partial charge >= 0.3 is 0 Å². The number of anilines is 1. The van der Waals surface area contributed by atoms with Crippen LogP contribution in [0.3, 0.4) is 0 Å². The van der Waals surface area contributed by atoms with Gasteiger partial charge in [0.25, 0.3) is 0 Å². The monoisotopic (exact) mass is 289 g/mol. The molecule has 1 heterocycles. The summed E-state index contributed by atoms with van der Waals surface area (Å²) in [5.74, 6) is 0.470. The van der Waals surface area contributed by atoms with Crippen molar-refractivity contribution in [2.45, 2.75) is 6.54 Å². The number of hydrogen-bond donors (Lipinski definition) is 1. The van der Waals surface area contributed by atoms with Crippen LogP contribution in [0.2, 0.25) is 5.02 Å².